The molecule has 16 heavy (non-hydrogen) atoms. The smallest absolute Gasteiger partial charge is 0.0798 e. The van der Waals surface area contributed by atoms with Gasteiger partial charge < -0.3 is 5.32 Å². The first-order valence-corrected chi connectivity index (χ1v) is 7.01. The molecule has 1 aromatic carbocycles. The standard InChI is InChI=1S/C12H13IN2S/c1-8-5-10(13)3-4-11(8)14-6-12-9(2)15-7-16-12/h3-5,7,14H,6H2,1-2H3. The molecule has 1 N–H and O–H groups in total. The van der Waals surface area contributed by atoms with Crippen molar-refractivity contribution >= 4 is 39.6 Å². The summed E-state index contributed by atoms with van der Waals surface area (Å²) in [5, 5.41) is 3.45. The van der Waals surface area contributed by atoms with E-state index in [0.717, 1.165) is 12.2 Å². The number of aromatic nitrogens is 1. The molecule has 0 bridgehead atoms. The van der Waals surface area contributed by atoms with E-state index in [1.807, 2.05) is 12.4 Å². The minimum absolute atomic E-state index is 0.859. The Kier molecular flexibility index (Phi) is 3.81. The second kappa shape index (κ2) is 5.14. The van der Waals surface area contributed by atoms with Gasteiger partial charge in [0.25, 0.3) is 0 Å². The monoisotopic (exact) mass is 344 g/mol. The normalized spacial score (nSPS) is 10.4. The molecule has 0 amide bonds. The fraction of sp³-hybridized carbons (Fsp3) is 0.250. The van der Waals surface area contributed by atoms with Gasteiger partial charge in [-0.25, -0.2) is 4.98 Å². The molecule has 2 aromatic rings. The molecule has 1 heterocycles. The summed E-state index contributed by atoms with van der Waals surface area (Å²) in [6.07, 6.45) is 0. The van der Waals surface area contributed by atoms with Crippen LogP contribution in [0.5, 0.6) is 0 Å². The van der Waals surface area contributed by atoms with Gasteiger partial charge in [0.2, 0.25) is 0 Å². The number of benzene rings is 1. The topological polar surface area (TPSA) is 24.9 Å². The maximum Gasteiger partial charge on any atom is 0.0798 e. The molecule has 0 unspecified atom stereocenters. The molecule has 0 atom stereocenters. The van der Waals surface area contributed by atoms with Crippen LogP contribution in [0.4, 0.5) is 5.69 Å². The molecular formula is C12H13IN2S. The highest BCUT2D eigenvalue weighted by Gasteiger charge is 2.02. The minimum atomic E-state index is 0.859. The molecular weight excluding hydrogens is 331 g/mol. The van der Waals surface area contributed by atoms with Crippen LogP contribution in [0.2, 0.25) is 0 Å². The van der Waals surface area contributed by atoms with Crippen molar-refractivity contribution in [2.24, 2.45) is 0 Å². The maximum absolute atomic E-state index is 4.24. The van der Waals surface area contributed by atoms with Gasteiger partial charge in [-0.3, -0.25) is 0 Å². The molecule has 0 aliphatic heterocycles. The second-order valence-corrected chi connectivity index (χ2v) is 5.86. The predicted molar refractivity (Wildman–Crippen MR) is 78.1 cm³/mol. The van der Waals surface area contributed by atoms with Crippen LogP contribution in [0.3, 0.4) is 0 Å². The van der Waals surface area contributed by atoms with Crippen molar-refractivity contribution in [1.29, 1.82) is 0 Å². The summed E-state index contributed by atoms with van der Waals surface area (Å²) in [4.78, 5) is 5.55. The van der Waals surface area contributed by atoms with Crippen molar-refractivity contribution in [2.75, 3.05) is 5.32 Å². The molecule has 0 aliphatic carbocycles. The van der Waals surface area contributed by atoms with Crippen LogP contribution < -0.4 is 5.32 Å². The minimum Gasteiger partial charge on any atom is -0.380 e. The van der Waals surface area contributed by atoms with E-state index >= 15 is 0 Å². The molecule has 0 radical (unpaired) electrons. The van der Waals surface area contributed by atoms with Gasteiger partial charge in [0, 0.05) is 14.1 Å². The van der Waals surface area contributed by atoms with E-state index in [-0.39, 0.29) is 0 Å². The molecule has 0 saturated carbocycles. The second-order valence-electron chi connectivity index (χ2n) is 3.67. The van der Waals surface area contributed by atoms with Crippen LogP contribution in [0.15, 0.2) is 23.7 Å². The Hall–Kier alpha value is -0.620. The average molecular weight is 344 g/mol. The van der Waals surface area contributed by atoms with Crippen LogP contribution in [0.1, 0.15) is 16.1 Å². The molecule has 2 nitrogen and oxygen atoms in total. The van der Waals surface area contributed by atoms with Crippen molar-refractivity contribution in [3.05, 3.63) is 43.4 Å². The third kappa shape index (κ3) is 2.74. The number of nitrogens with zero attached hydrogens (tertiary/aromatic N) is 1. The molecule has 0 spiro atoms. The highest BCUT2D eigenvalue weighted by atomic mass is 127. The fourth-order valence-corrected chi connectivity index (χ4v) is 2.86. The van der Waals surface area contributed by atoms with Crippen molar-refractivity contribution in [2.45, 2.75) is 20.4 Å². The Morgan fingerprint density at radius 2 is 2.19 bits per heavy atom. The van der Waals surface area contributed by atoms with E-state index in [0.29, 0.717) is 0 Å². The zero-order chi connectivity index (χ0) is 11.5. The number of hydrogen-bond acceptors (Lipinski definition) is 3. The van der Waals surface area contributed by atoms with Gasteiger partial charge in [-0.2, -0.15) is 0 Å². The van der Waals surface area contributed by atoms with E-state index in [1.165, 1.54) is 19.7 Å². The summed E-state index contributed by atoms with van der Waals surface area (Å²) >= 11 is 4.03. The summed E-state index contributed by atoms with van der Waals surface area (Å²) < 4.78 is 1.27. The summed E-state index contributed by atoms with van der Waals surface area (Å²) in [5.41, 5.74) is 5.51. The van der Waals surface area contributed by atoms with Gasteiger partial charge in [-0.05, 0) is 60.2 Å². The first-order chi connectivity index (χ1) is 7.66. The fourth-order valence-electron chi connectivity index (χ4n) is 1.50. The van der Waals surface area contributed by atoms with E-state index in [9.17, 15) is 0 Å². The van der Waals surface area contributed by atoms with E-state index in [1.54, 1.807) is 11.3 Å². The number of hydrogen-bond donors (Lipinski definition) is 1. The van der Waals surface area contributed by atoms with Crippen LogP contribution >= 0.6 is 33.9 Å². The predicted octanol–water partition coefficient (Wildman–Crippen LogP) is 3.98. The number of halogens is 1. The third-order valence-electron chi connectivity index (χ3n) is 2.47. The summed E-state index contributed by atoms with van der Waals surface area (Å²) in [6.45, 7) is 5.04. The van der Waals surface area contributed by atoms with Gasteiger partial charge in [-0.1, -0.05) is 0 Å². The van der Waals surface area contributed by atoms with E-state index < -0.39 is 0 Å². The molecule has 0 fully saturated rings. The van der Waals surface area contributed by atoms with Crippen LogP contribution in [-0.2, 0) is 6.54 Å². The lowest BCUT2D eigenvalue weighted by atomic mass is 10.2. The van der Waals surface area contributed by atoms with Crippen LogP contribution in [-0.4, -0.2) is 4.98 Å². The van der Waals surface area contributed by atoms with Gasteiger partial charge >= 0.3 is 0 Å². The Bertz CT molecular complexity index is 494. The van der Waals surface area contributed by atoms with Gasteiger partial charge in [0.1, 0.15) is 0 Å². The lowest BCUT2D eigenvalue weighted by molar-refractivity contribution is 1.12. The number of nitrogens with one attached hydrogen (secondary N) is 1. The number of anilines is 1. The van der Waals surface area contributed by atoms with Crippen molar-refractivity contribution in [3.63, 3.8) is 0 Å². The lowest BCUT2D eigenvalue weighted by Crippen LogP contribution is -2.00. The molecule has 4 heteroatoms. The third-order valence-corrected chi connectivity index (χ3v) is 4.08. The molecule has 1 aromatic heterocycles. The summed E-state index contributed by atoms with van der Waals surface area (Å²) in [7, 11) is 0. The summed E-state index contributed by atoms with van der Waals surface area (Å²) in [6, 6.07) is 6.44. The Morgan fingerprint density at radius 1 is 1.38 bits per heavy atom. The van der Waals surface area contributed by atoms with Crippen molar-refractivity contribution in [3.8, 4) is 0 Å². The number of aryl methyl sites for hydroxylation is 2. The van der Waals surface area contributed by atoms with E-state index in [2.05, 4.69) is 58.0 Å². The van der Waals surface area contributed by atoms with Crippen LogP contribution in [0, 0.1) is 17.4 Å². The average Bonchev–Trinajstić information content (AvgIpc) is 2.63. The zero-order valence-electron chi connectivity index (χ0n) is 9.25. The van der Waals surface area contributed by atoms with Crippen molar-refractivity contribution in [1.82, 2.24) is 4.98 Å². The quantitative estimate of drug-likeness (QED) is 0.852. The summed E-state index contributed by atoms with van der Waals surface area (Å²) in [5.74, 6) is 0. The molecule has 2 rings (SSSR count). The largest absolute Gasteiger partial charge is 0.380 e. The molecule has 0 saturated heterocycles. The lowest BCUT2D eigenvalue weighted by Gasteiger charge is -2.09. The Labute approximate surface area is 113 Å². The Balaban J connectivity index is 2.08. The van der Waals surface area contributed by atoms with Gasteiger partial charge in [-0.15, -0.1) is 11.3 Å². The SMILES string of the molecule is Cc1cc(I)ccc1NCc1scnc1C. The Morgan fingerprint density at radius 3 is 2.81 bits per heavy atom. The highest BCUT2D eigenvalue weighted by molar-refractivity contribution is 14.1. The first kappa shape index (κ1) is 11.9. The zero-order valence-corrected chi connectivity index (χ0v) is 12.2. The van der Waals surface area contributed by atoms with Gasteiger partial charge in [0.05, 0.1) is 17.7 Å². The van der Waals surface area contributed by atoms with E-state index in [4.69, 9.17) is 0 Å². The first-order valence-electron chi connectivity index (χ1n) is 5.06. The van der Waals surface area contributed by atoms with Crippen molar-refractivity contribution < 1.29 is 0 Å². The van der Waals surface area contributed by atoms with Gasteiger partial charge in [0.15, 0.2) is 0 Å². The maximum atomic E-state index is 4.24. The molecule has 84 valence electrons. The number of thiazole rings is 1. The molecule has 0 aliphatic rings. The van der Waals surface area contributed by atoms with Crippen LogP contribution in [0.25, 0.3) is 0 Å². The number of rotatable bonds is 3. The highest BCUT2D eigenvalue weighted by Crippen LogP contribution is 2.20.